The predicted molar refractivity (Wildman–Crippen MR) is 57.7 cm³/mol. The summed E-state index contributed by atoms with van der Waals surface area (Å²) < 4.78 is 0. The van der Waals surface area contributed by atoms with Gasteiger partial charge < -0.3 is 5.73 Å². The van der Waals surface area contributed by atoms with Gasteiger partial charge in [0.2, 0.25) is 0 Å². The lowest BCUT2D eigenvalue weighted by atomic mass is 10.2. The van der Waals surface area contributed by atoms with Crippen molar-refractivity contribution in [2.45, 2.75) is 19.9 Å². The molecular weight excluding hydrogens is 174 g/mol. The average Bonchev–Trinajstić information content (AvgIpc) is 2.51. The average molecular weight is 191 g/mol. The molecule has 0 amide bonds. The number of nitrogen functional groups attached to an aromatic ring is 1. The first kappa shape index (κ1) is 9.46. The van der Waals surface area contributed by atoms with Crippen molar-refractivity contribution in [3.8, 4) is 0 Å². The minimum Gasteiger partial charge on any atom is -0.384 e. The summed E-state index contributed by atoms with van der Waals surface area (Å²) in [6, 6.07) is 5.84. The van der Waals surface area contributed by atoms with Crippen LogP contribution in [0.5, 0.6) is 0 Å². The van der Waals surface area contributed by atoms with Crippen LogP contribution < -0.4 is 5.73 Å². The molecule has 1 fully saturated rings. The number of hydrogen-bond donors (Lipinski definition) is 1. The van der Waals surface area contributed by atoms with Gasteiger partial charge in [0.1, 0.15) is 5.82 Å². The highest BCUT2D eigenvalue weighted by atomic mass is 15.1. The van der Waals surface area contributed by atoms with E-state index in [1.165, 1.54) is 19.5 Å². The normalized spacial score (nSPS) is 22.8. The van der Waals surface area contributed by atoms with E-state index in [-0.39, 0.29) is 0 Å². The number of anilines is 1. The van der Waals surface area contributed by atoms with E-state index in [1.54, 1.807) is 0 Å². The van der Waals surface area contributed by atoms with Gasteiger partial charge in [0, 0.05) is 13.1 Å². The van der Waals surface area contributed by atoms with E-state index in [2.05, 4.69) is 16.8 Å². The third-order valence-corrected chi connectivity index (χ3v) is 2.72. The minimum absolute atomic E-state index is 0.620. The largest absolute Gasteiger partial charge is 0.384 e. The summed E-state index contributed by atoms with van der Waals surface area (Å²) in [5, 5.41) is 0. The van der Waals surface area contributed by atoms with Crippen molar-refractivity contribution in [1.82, 2.24) is 9.88 Å². The maximum absolute atomic E-state index is 5.63. The highest BCUT2D eigenvalue weighted by Gasteiger charge is 2.18. The summed E-state index contributed by atoms with van der Waals surface area (Å²) in [6.45, 7) is 5.62. The number of pyridine rings is 1. The molecule has 3 nitrogen and oxygen atoms in total. The van der Waals surface area contributed by atoms with E-state index in [9.17, 15) is 0 Å². The molecule has 1 aliphatic heterocycles. The van der Waals surface area contributed by atoms with Gasteiger partial charge in [-0.15, -0.1) is 0 Å². The monoisotopic (exact) mass is 191 g/mol. The zero-order valence-electron chi connectivity index (χ0n) is 8.61. The highest BCUT2D eigenvalue weighted by molar-refractivity contribution is 5.28. The van der Waals surface area contributed by atoms with Crippen molar-refractivity contribution in [3.63, 3.8) is 0 Å². The Hall–Kier alpha value is -1.09. The smallest absolute Gasteiger partial charge is 0.123 e. The number of nitrogens with zero attached hydrogens (tertiary/aromatic N) is 2. The highest BCUT2D eigenvalue weighted by Crippen LogP contribution is 2.17. The van der Waals surface area contributed by atoms with Gasteiger partial charge in [0.25, 0.3) is 0 Å². The first-order valence-corrected chi connectivity index (χ1v) is 5.18. The van der Waals surface area contributed by atoms with Gasteiger partial charge in [0.05, 0.1) is 5.69 Å². The van der Waals surface area contributed by atoms with Crippen LogP contribution in [0.3, 0.4) is 0 Å². The summed E-state index contributed by atoms with van der Waals surface area (Å²) in [5.74, 6) is 1.45. The van der Waals surface area contributed by atoms with E-state index in [0.717, 1.165) is 18.2 Å². The van der Waals surface area contributed by atoms with Crippen molar-refractivity contribution in [1.29, 1.82) is 0 Å². The Morgan fingerprint density at radius 1 is 1.57 bits per heavy atom. The predicted octanol–water partition coefficient (Wildman–Crippen LogP) is 1.51. The van der Waals surface area contributed by atoms with Crippen molar-refractivity contribution in [2.24, 2.45) is 5.92 Å². The molecule has 0 aromatic carbocycles. The fraction of sp³-hybridized carbons (Fsp3) is 0.545. The minimum atomic E-state index is 0.620. The second-order valence-electron chi connectivity index (χ2n) is 4.18. The van der Waals surface area contributed by atoms with E-state index < -0.39 is 0 Å². The first-order chi connectivity index (χ1) is 6.74. The molecule has 1 aromatic heterocycles. The standard InChI is InChI=1S/C11H17N3/c1-9-5-6-14(7-9)8-10-3-2-4-11(12)13-10/h2-4,9H,5-8H2,1H3,(H2,12,13). The van der Waals surface area contributed by atoms with E-state index in [0.29, 0.717) is 5.82 Å². The third-order valence-electron chi connectivity index (χ3n) is 2.72. The van der Waals surface area contributed by atoms with E-state index in [1.807, 2.05) is 18.2 Å². The summed E-state index contributed by atoms with van der Waals surface area (Å²) in [6.07, 6.45) is 1.31. The van der Waals surface area contributed by atoms with Gasteiger partial charge in [-0.25, -0.2) is 4.98 Å². The lowest BCUT2D eigenvalue weighted by Gasteiger charge is -2.14. The van der Waals surface area contributed by atoms with Crippen LogP contribution in [0, 0.1) is 5.92 Å². The summed E-state index contributed by atoms with van der Waals surface area (Å²) in [4.78, 5) is 6.73. The molecule has 1 aromatic rings. The molecule has 2 N–H and O–H groups in total. The van der Waals surface area contributed by atoms with Crippen LogP contribution in [0.2, 0.25) is 0 Å². The maximum atomic E-state index is 5.63. The number of likely N-dealkylation sites (tertiary alicyclic amines) is 1. The van der Waals surface area contributed by atoms with Gasteiger partial charge in [-0.3, -0.25) is 4.90 Å². The van der Waals surface area contributed by atoms with Gasteiger partial charge in [-0.1, -0.05) is 13.0 Å². The fourth-order valence-electron chi connectivity index (χ4n) is 1.99. The van der Waals surface area contributed by atoms with Gasteiger partial charge >= 0.3 is 0 Å². The zero-order chi connectivity index (χ0) is 9.97. The molecule has 2 rings (SSSR count). The third kappa shape index (κ3) is 2.23. The maximum Gasteiger partial charge on any atom is 0.123 e. The Bertz CT molecular complexity index is 311. The molecule has 1 unspecified atom stereocenters. The van der Waals surface area contributed by atoms with Crippen LogP contribution in [0.15, 0.2) is 18.2 Å². The molecule has 1 atom stereocenters. The Morgan fingerprint density at radius 3 is 3.07 bits per heavy atom. The molecule has 14 heavy (non-hydrogen) atoms. The van der Waals surface area contributed by atoms with Crippen LogP contribution in [0.1, 0.15) is 19.0 Å². The molecule has 2 heterocycles. The van der Waals surface area contributed by atoms with Crippen LogP contribution in [-0.2, 0) is 6.54 Å². The van der Waals surface area contributed by atoms with Gasteiger partial charge in [-0.05, 0) is 31.0 Å². The summed E-state index contributed by atoms with van der Waals surface area (Å²) >= 11 is 0. The zero-order valence-corrected chi connectivity index (χ0v) is 8.61. The first-order valence-electron chi connectivity index (χ1n) is 5.18. The van der Waals surface area contributed by atoms with E-state index >= 15 is 0 Å². The molecule has 1 saturated heterocycles. The number of hydrogen-bond acceptors (Lipinski definition) is 3. The SMILES string of the molecule is CC1CCN(Cc2cccc(N)n2)C1. The number of nitrogens with two attached hydrogens (primary N) is 1. The second-order valence-corrected chi connectivity index (χ2v) is 4.18. The lowest BCUT2D eigenvalue weighted by molar-refractivity contribution is 0.316. The van der Waals surface area contributed by atoms with Gasteiger partial charge in [-0.2, -0.15) is 0 Å². The molecule has 0 bridgehead atoms. The topological polar surface area (TPSA) is 42.1 Å². The van der Waals surface area contributed by atoms with Crippen molar-refractivity contribution >= 4 is 5.82 Å². The Labute approximate surface area is 84.9 Å². The summed E-state index contributed by atoms with van der Waals surface area (Å²) in [7, 11) is 0. The number of rotatable bonds is 2. The Morgan fingerprint density at radius 2 is 2.43 bits per heavy atom. The van der Waals surface area contributed by atoms with Crippen LogP contribution in [0.25, 0.3) is 0 Å². The molecular formula is C11H17N3. The molecule has 76 valence electrons. The molecule has 0 saturated carbocycles. The molecule has 3 heteroatoms. The lowest BCUT2D eigenvalue weighted by Crippen LogP contribution is -2.20. The molecule has 0 spiro atoms. The second kappa shape index (κ2) is 3.96. The van der Waals surface area contributed by atoms with Crippen LogP contribution >= 0.6 is 0 Å². The number of aromatic nitrogens is 1. The quantitative estimate of drug-likeness (QED) is 0.770. The van der Waals surface area contributed by atoms with Crippen molar-refractivity contribution < 1.29 is 0 Å². The van der Waals surface area contributed by atoms with Crippen LogP contribution in [0.4, 0.5) is 5.82 Å². The summed E-state index contributed by atoms with van der Waals surface area (Å²) in [5.41, 5.74) is 6.71. The molecule has 0 radical (unpaired) electrons. The molecule has 1 aliphatic rings. The molecule has 0 aliphatic carbocycles. The fourth-order valence-corrected chi connectivity index (χ4v) is 1.99. The van der Waals surface area contributed by atoms with E-state index in [4.69, 9.17) is 5.73 Å². The Kier molecular flexibility index (Phi) is 2.68. The van der Waals surface area contributed by atoms with Crippen molar-refractivity contribution in [2.75, 3.05) is 18.8 Å². The van der Waals surface area contributed by atoms with Crippen LogP contribution in [-0.4, -0.2) is 23.0 Å². The van der Waals surface area contributed by atoms with Crippen molar-refractivity contribution in [3.05, 3.63) is 23.9 Å². The van der Waals surface area contributed by atoms with Gasteiger partial charge in [0.15, 0.2) is 0 Å². The Balaban J connectivity index is 1.97.